The van der Waals surface area contributed by atoms with Crippen molar-refractivity contribution in [3.63, 3.8) is 0 Å². The SMILES string of the molecule is CNCCc1nc(-c2coc3ccccc23)c(C)n1C. The predicted octanol–water partition coefficient (Wildman–Crippen LogP) is 2.90. The number of rotatable bonds is 4. The molecule has 1 aromatic carbocycles. The summed E-state index contributed by atoms with van der Waals surface area (Å²) in [5.74, 6) is 1.09. The lowest BCUT2D eigenvalue weighted by atomic mass is 10.1. The van der Waals surface area contributed by atoms with E-state index in [-0.39, 0.29) is 0 Å². The Hall–Kier alpha value is -2.07. The first-order chi connectivity index (χ1) is 9.72. The van der Waals surface area contributed by atoms with Crippen molar-refractivity contribution in [1.82, 2.24) is 14.9 Å². The maximum absolute atomic E-state index is 5.63. The standard InChI is InChI=1S/C16H19N3O/c1-11-16(18-15(19(11)3)8-9-17-2)13-10-20-14-7-5-4-6-12(13)14/h4-7,10,17H,8-9H2,1-3H3. The summed E-state index contributed by atoms with van der Waals surface area (Å²) in [6, 6.07) is 8.08. The van der Waals surface area contributed by atoms with Gasteiger partial charge in [-0.1, -0.05) is 18.2 Å². The average Bonchev–Trinajstić information content (AvgIpc) is 3.00. The molecule has 0 atom stereocenters. The fourth-order valence-corrected chi connectivity index (χ4v) is 2.51. The first-order valence-electron chi connectivity index (χ1n) is 6.85. The third-order valence-electron chi connectivity index (χ3n) is 3.81. The lowest BCUT2D eigenvalue weighted by molar-refractivity contribution is 0.617. The van der Waals surface area contributed by atoms with E-state index in [9.17, 15) is 0 Å². The second-order valence-electron chi connectivity index (χ2n) is 5.02. The van der Waals surface area contributed by atoms with Gasteiger partial charge in [-0.15, -0.1) is 0 Å². The Morgan fingerprint density at radius 2 is 2.10 bits per heavy atom. The van der Waals surface area contributed by atoms with Crippen LogP contribution in [-0.4, -0.2) is 23.1 Å². The molecule has 1 N–H and O–H groups in total. The largest absolute Gasteiger partial charge is 0.464 e. The van der Waals surface area contributed by atoms with Crippen molar-refractivity contribution >= 4 is 11.0 Å². The second-order valence-corrected chi connectivity index (χ2v) is 5.02. The zero-order chi connectivity index (χ0) is 14.1. The van der Waals surface area contributed by atoms with E-state index in [1.165, 1.54) is 5.69 Å². The molecule has 0 radical (unpaired) electrons. The van der Waals surface area contributed by atoms with Gasteiger partial charge in [0.2, 0.25) is 0 Å². The molecule has 0 saturated carbocycles. The number of imidazole rings is 1. The van der Waals surface area contributed by atoms with Crippen LogP contribution in [-0.2, 0) is 13.5 Å². The molecule has 0 saturated heterocycles. The van der Waals surface area contributed by atoms with Crippen molar-refractivity contribution in [2.45, 2.75) is 13.3 Å². The fourth-order valence-electron chi connectivity index (χ4n) is 2.51. The van der Waals surface area contributed by atoms with Gasteiger partial charge in [0, 0.05) is 36.7 Å². The summed E-state index contributed by atoms with van der Waals surface area (Å²) < 4.78 is 7.79. The first-order valence-corrected chi connectivity index (χ1v) is 6.85. The van der Waals surface area contributed by atoms with E-state index < -0.39 is 0 Å². The normalized spacial score (nSPS) is 11.3. The highest BCUT2D eigenvalue weighted by Crippen LogP contribution is 2.31. The maximum atomic E-state index is 5.63. The topological polar surface area (TPSA) is 43.0 Å². The van der Waals surface area contributed by atoms with Crippen LogP contribution in [0.5, 0.6) is 0 Å². The van der Waals surface area contributed by atoms with Crippen molar-refractivity contribution in [3.05, 3.63) is 42.0 Å². The van der Waals surface area contributed by atoms with Crippen LogP contribution in [0.2, 0.25) is 0 Å². The van der Waals surface area contributed by atoms with Crippen LogP contribution in [0.15, 0.2) is 34.9 Å². The van der Waals surface area contributed by atoms with Gasteiger partial charge >= 0.3 is 0 Å². The number of hydrogen-bond acceptors (Lipinski definition) is 3. The molecule has 0 fully saturated rings. The zero-order valence-corrected chi connectivity index (χ0v) is 12.1. The van der Waals surface area contributed by atoms with Crippen molar-refractivity contribution in [2.75, 3.05) is 13.6 Å². The van der Waals surface area contributed by atoms with Crippen LogP contribution in [0.3, 0.4) is 0 Å². The molecule has 2 aromatic heterocycles. The van der Waals surface area contributed by atoms with Gasteiger partial charge in [-0.05, 0) is 20.0 Å². The van der Waals surface area contributed by atoms with Crippen LogP contribution in [0.1, 0.15) is 11.5 Å². The number of para-hydroxylation sites is 1. The van der Waals surface area contributed by atoms with Crippen molar-refractivity contribution in [1.29, 1.82) is 0 Å². The highest BCUT2D eigenvalue weighted by Gasteiger charge is 2.16. The summed E-state index contributed by atoms with van der Waals surface area (Å²) >= 11 is 0. The molecule has 0 amide bonds. The lowest BCUT2D eigenvalue weighted by Gasteiger charge is -2.01. The number of nitrogens with zero attached hydrogens (tertiary/aromatic N) is 2. The van der Waals surface area contributed by atoms with Gasteiger partial charge < -0.3 is 14.3 Å². The highest BCUT2D eigenvalue weighted by atomic mass is 16.3. The van der Waals surface area contributed by atoms with E-state index in [1.807, 2.05) is 31.5 Å². The summed E-state index contributed by atoms with van der Waals surface area (Å²) in [4.78, 5) is 4.80. The summed E-state index contributed by atoms with van der Waals surface area (Å²) in [5, 5.41) is 4.28. The summed E-state index contributed by atoms with van der Waals surface area (Å²) in [7, 11) is 4.03. The molecule has 4 heteroatoms. The number of likely N-dealkylation sites (N-methyl/N-ethyl adjacent to an activating group) is 1. The number of nitrogens with one attached hydrogen (secondary N) is 1. The molecule has 0 aliphatic rings. The van der Waals surface area contributed by atoms with Gasteiger partial charge in [0.15, 0.2) is 0 Å². The minimum Gasteiger partial charge on any atom is -0.464 e. The smallest absolute Gasteiger partial charge is 0.134 e. The van der Waals surface area contributed by atoms with Crippen LogP contribution in [0, 0.1) is 6.92 Å². The van der Waals surface area contributed by atoms with Gasteiger partial charge in [0.25, 0.3) is 0 Å². The summed E-state index contributed by atoms with van der Waals surface area (Å²) in [5.41, 5.74) is 4.17. The molecule has 3 rings (SSSR count). The molecule has 4 nitrogen and oxygen atoms in total. The number of aromatic nitrogens is 2. The Kier molecular flexibility index (Phi) is 3.32. The third kappa shape index (κ3) is 2.02. The van der Waals surface area contributed by atoms with Crippen LogP contribution in [0.4, 0.5) is 0 Å². The van der Waals surface area contributed by atoms with Gasteiger partial charge in [-0.3, -0.25) is 0 Å². The molecule has 3 aromatic rings. The fraction of sp³-hybridized carbons (Fsp3) is 0.312. The summed E-state index contributed by atoms with van der Waals surface area (Å²) in [6.45, 7) is 3.03. The minimum absolute atomic E-state index is 0.907. The quantitative estimate of drug-likeness (QED) is 0.792. The van der Waals surface area contributed by atoms with Crippen molar-refractivity contribution in [2.24, 2.45) is 7.05 Å². The molecule has 0 unspecified atom stereocenters. The van der Waals surface area contributed by atoms with E-state index in [0.717, 1.165) is 41.0 Å². The van der Waals surface area contributed by atoms with Gasteiger partial charge in [0.05, 0.1) is 5.69 Å². The monoisotopic (exact) mass is 269 g/mol. The molecular formula is C16H19N3O. The van der Waals surface area contributed by atoms with E-state index in [2.05, 4.69) is 29.9 Å². The van der Waals surface area contributed by atoms with E-state index >= 15 is 0 Å². The molecule has 104 valence electrons. The number of hydrogen-bond donors (Lipinski definition) is 1. The molecule has 2 heterocycles. The van der Waals surface area contributed by atoms with E-state index in [0.29, 0.717) is 0 Å². The number of fused-ring (bicyclic) bond motifs is 1. The van der Waals surface area contributed by atoms with Gasteiger partial charge in [0.1, 0.15) is 17.7 Å². The lowest BCUT2D eigenvalue weighted by Crippen LogP contribution is -2.13. The van der Waals surface area contributed by atoms with Crippen molar-refractivity contribution in [3.8, 4) is 11.3 Å². The van der Waals surface area contributed by atoms with Crippen LogP contribution in [0.25, 0.3) is 22.2 Å². The van der Waals surface area contributed by atoms with Crippen molar-refractivity contribution < 1.29 is 4.42 Å². The van der Waals surface area contributed by atoms with E-state index in [1.54, 1.807) is 0 Å². The Bertz CT molecular complexity index is 739. The Balaban J connectivity index is 2.10. The predicted molar refractivity (Wildman–Crippen MR) is 80.8 cm³/mol. The van der Waals surface area contributed by atoms with Gasteiger partial charge in [-0.25, -0.2) is 4.98 Å². The Morgan fingerprint density at radius 3 is 2.90 bits per heavy atom. The maximum Gasteiger partial charge on any atom is 0.134 e. The number of furan rings is 1. The van der Waals surface area contributed by atoms with E-state index in [4.69, 9.17) is 9.40 Å². The number of benzene rings is 1. The minimum atomic E-state index is 0.907. The Labute approximate surface area is 118 Å². The summed E-state index contributed by atoms with van der Waals surface area (Å²) in [6.07, 6.45) is 2.73. The third-order valence-corrected chi connectivity index (χ3v) is 3.81. The zero-order valence-electron chi connectivity index (χ0n) is 12.1. The molecule has 0 aliphatic heterocycles. The molecule has 0 spiro atoms. The van der Waals surface area contributed by atoms with Crippen LogP contribution >= 0.6 is 0 Å². The second kappa shape index (κ2) is 5.13. The molecule has 0 aliphatic carbocycles. The average molecular weight is 269 g/mol. The Morgan fingerprint density at radius 1 is 1.30 bits per heavy atom. The highest BCUT2D eigenvalue weighted by molar-refractivity contribution is 5.93. The molecule has 20 heavy (non-hydrogen) atoms. The van der Waals surface area contributed by atoms with Gasteiger partial charge in [-0.2, -0.15) is 0 Å². The first kappa shape index (κ1) is 12.9. The molecule has 0 bridgehead atoms. The van der Waals surface area contributed by atoms with Crippen LogP contribution < -0.4 is 5.32 Å². The molecular weight excluding hydrogens is 250 g/mol.